The van der Waals surface area contributed by atoms with Gasteiger partial charge in [0.15, 0.2) is 6.10 Å². The number of hydrogen-bond donors (Lipinski definition) is 2. The van der Waals surface area contributed by atoms with Gasteiger partial charge in [-0.1, -0.05) is 36.4 Å². The first-order valence-electron chi connectivity index (χ1n) is 9.09. The molecule has 0 bridgehead atoms. The van der Waals surface area contributed by atoms with E-state index in [-0.39, 0.29) is 6.42 Å². The van der Waals surface area contributed by atoms with Crippen molar-refractivity contribution in [1.82, 2.24) is 4.98 Å². The van der Waals surface area contributed by atoms with E-state index in [0.717, 1.165) is 33.1 Å². The van der Waals surface area contributed by atoms with Crippen LogP contribution in [0.15, 0.2) is 48.5 Å². The minimum Gasteiger partial charge on any atom is -0.493 e. The second-order valence-corrected chi connectivity index (χ2v) is 7.84. The summed E-state index contributed by atoms with van der Waals surface area (Å²) in [6.45, 7) is 4.47. The lowest BCUT2D eigenvalue weighted by Crippen LogP contribution is -2.22. The molecular weight excluding hydrogens is 374 g/mol. The van der Waals surface area contributed by atoms with E-state index in [1.54, 1.807) is 23.5 Å². The lowest BCUT2D eigenvalue weighted by atomic mass is 10.0. The van der Waals surface area contributed by atoms with Crippen LogP contribution < -0.4 is 4.74 Å². The van der Waals surface area contributed by atoms with Crippen molar-refractivity contribution in [2.75, 3.05) is 6.61 Å². The van der Waals surface area contributed by atoms with Crippen molar-refractivity contribution in [2.24, 2.45) is 0 Å². The number of aliphatic carboxylic acids is 1. The Bertz CT molecular complexity index is 952. The van der Waals surface area contributed by atoms with E-state index in [1.807, 2.05) is 31.2 Å². The van der Waals surface area contributed by atoms with Crippen molar-refractivity contribution in [2.45, 2.75) is 32.8 Å². The smallest absolute Gasteiger partial charge is 0.332 e. The van der Waals surface area contributed by atoms with Crippen molar-refractivity contribution in [3.63, 3.8) is 0 Å². The molecule has 0 aliphatic heterocycles. The average molecular weight is 397 g/mol. The van der Waals surface area contributed by atoms with Crippen LogP contribution in [0.2, 0.25) is 0 Å². The van der Waals surface area contributed by atoms with Gasteiger partial charge in [-0.2, -0.15) is 0 Å². The molecule has 1 unspecified atom stereocenters. The molecule has 0 aliphatic carbocycles. The molecule has 0 amide bonds. The minimum atomic E-state index is -1.39. The predicted octanol–water partition coefficient (Wildman–Crippen LogP) is 4.04. The SMILES string of the molecule is Cc1cc(OCCc2nc(-c3ccccc3)sc2C)ccc1CC(O)C(=O)O. The molecule has 2 aromatic carbocycles. The van der Waals surface area contributed by atoms with E-state index in [0.29, 0.717) is 13.0 Å². The van der Waals surface area contributed by atoms with Crippen molar-refractivity contribution < 1.29 is 19.7 Å². The number of aliphatic hydroxyl groups excluding tert-OH is 1. The van der Waals surface area contributed by atoms with E-state index in [2.05, 4.69) is 19.1 Å². The Labute approximate surface area is 168 Å². The molecule has 2 N–H and O–H groups in total. The molecule has 0 spiro atoms. The Balaban J connectivity index is 1.59. The quantitative estimate of drug-likeness (QED) is 0.600. The van der Waals surface area contributed by atoms with Crippen molar-refractivity contribution in [1.29, 1.82) is 0 Å². The fourth-order valence-electron chi connectivity index (χ4n) is 2.91. The van der Waals surface area contributed by atoms with Crippen LogP contribution >= 0.6 is 11.3 Å². The average Bonchev–Trinajstić information content (AvgIpc) is 3.05. The van der Waals surface area contributed by atoms with Gasteiger partial charge in [-0.25, -0.2) is 9.78 Å². The fraction of sp³-hybridized carbons (Fsp3) is 0.273. The van der Waals surface area contributed by atoms with Crippen LogP contribution in [0.3, 0.4) is 0 Å². The standard InChI is InChI=1S/C22H23NO4S/c1-14-12-18(9-8-17(14)13-20(24)22(25)26)27-11-10-19-15(2)28-21(23-19)16-6-4-3-5-7-16/h3-9,12,20,24H,10-11,13H2,1-2H3,(H,25,26). The van der Waals surface area contributed by atoms with Crippen LogP contribution in [0.4, 0.5) is 0 Å². The number of ether oxygens (including phenoxy) is 1. The van der Waals surface area contributed by atoms with Gasteiger partial charge in [0.05, 0.1) is 12.3 Å². The van der Waals surface area contributed by atoms with Crippen molar-refractivity contribution >= 4 is 17.3 Å². The molecule has 1 heterocycles. The van der Waals surface area contributed by atoms with Crippen LogP contribution in [-0.4, -0.2) is 33.9 Å². The van der Waals surface area contributed by atoms with Gasteiger partial charge in [0.25, 0.3) is 0 Å². The van der Waals surface area contributed by atoms with Crippen LogP contribution in [0.5, 0.6) is 5.75 Å². The molecule has 1 aromatic heterocycles. The molecule has 1 atom stereocenters. The maximum atomic E-state index is 10.8. The Morgan fingerprint density at radius 1 is 1.18 bits per heavy atom. The summed E-state index contributed by atoms with van der Waals surface area (Å²) in [6.07, 6.45) is -0.591. The summed E-state index contributed by atoms with van der Waals surface area (Å²) in [5.74, 6) is -0.490. The number of aromatic nitrogens is 1. The highest BCUT2D eigenvalue weighted by Gasteiger charge is 2.15. The number of thiazole rings is 1. The number of carboxylic acid groups (broad SMARTS) is 1. The van der Waals surface area contributed by atoms with E-state index in [4.69, 9.17) is 14.8 Å². The van der Waals surface area contributed by atoms with Gasteiger partial charge in [-0.05, 0) is 37.1 Å². The van der Waals surface area contributed by atoms with Crippen molar-refractivity contribution in [3.8, 4) is 16.3 Å². The Hall–Kier alpha value is -2.70. The molecule has 0 fully saturated rings. The summed E-state index contributed by atoms with van der Waals surface area (Å²) in [5.41, 5.74) is 3.86. The lowest BCUT2D eigenvalue weighted by Gasteiger charge is -2.11. The zero-order valence-corrected chi connectivity index (χ0v) is 16.7. The number of nitrogens with zero attached hydrogens (tertiary/aromatic N) is 1. The van der Waals surface area contributed by atoms with Gasteiger partial charge >= 0.3 is 5.97 Å². The molecule has 6 heteroatoms. The molecule has 0 saturated carbocycles. The van der Waals surface area contributed by atoms with Crippen LogP contribution in [0, 0.1) is 13.8 Å². The molecule has 0 saturated heterocycles. The molecular formula is C22H23NO4S. The number of carbonyl (C=O) groups is 1. The summed E-state index contributed by atoms with van der Waals surface area (Å²) in [7, 11) is 0. The van der Waals surface area contributed by atoms with E-state index >= 15 is 0 Å². The Morgan fingerprint density at radius 3 is 2.61 bits per heavy atom. The number of aryl methyl sites for hydroxylation is 2. The predicted molar refractivity (Wildman–Crippen MR) is 110 cm³/mol. The number of carboxylic acids is 1. The number of aliphatic hydroxyl groups is 1. The summed E-state index contributed by atoms with van der Waals surface area (Å²) < 4.78 is 5.85. The molecule has 0 radical (unpaired) electrons. The van der Waals surface area contributed by atoms with Gasteiger partial charge in [-0.15, -0.1) is 11.3 Å². The Morgan fingerprint density at radius 2 is 1.93 bits per heavy atom. The van der Waals surface area contributed by atoms with Crippen LogP contribution in [0.1, 0.15) is 21.7 Å². The minimum absolute atomic E-state index is 0.0850. The zero-order valence-electron chi connectivity index (χ0n) is 15.9. The first kappa shape index (κ1) is 20.0. The van der Waals surface area contributed by atoms with Gasteiger partial charge in [0.2, 0.25) is 0 Å². The molecule has 146 valence electrons. The molecule has 5 nitrogen and oxygen atoms in total. The summed E-state index contributed by atoms with van der Waals surface area (Å²) >= 11 is 1.69. The van der Waals surface area contributed by atoms with E-state index in [9.17, 15) is 9.90 Å². The summed E-state index contributed by atoms with van der Waals surface area (Å²) in [4.78, 5) is 16.7. The second-order valence-electron chi connectivity index (χ2n) is 6.63. The van der Waals surface area contributed by atoms with Crippen molar-refractivity contribution in [3.05, 3.63) is 70.2 Å². The summed E-state index contributed by atoms with van der Waals surface area (Å²) in [5, 5.41) is 19.4. The van der Waals surface area contributed by atoms with E-state index in [1.165, 1.54) is 4.88 Å². The largest absolute Gasteiger partial charge is 0.493 e. The third kappa shape index (κ3) is 4.97. The molecule has 3 rings (SSSR count). The molecule has 0 aliphatic rings. The van der Waals surface area contributed by atoms with Gasteiger partial charge < -0.3 is 14.9 Å². The number of rotatable bonds is 8. The second kappa shape index (κ2) is 8.99. The van der Waals surface area contributed by atoms with Gasteiger partial charge in [-0.3, -0.25) is 0 Å². The van der Waals surface area contributed by atoms with Gasteiger partial charge in [0, 0.05) is 23.3 Å². The monoisotopic (exact) mass is 397 g/mol. The number of hydrogen-bond acceptors (Lipinski definition) is 5. The Kier molecular flexibility index (Phi) is 6.44. The fourth-order valence-corrected chi connectivity index (χ4v) is 3.88. The summed E-state index contributed by atoms with van der Waals surface area (Å²) in [6, 6.07) is 15.6. The number of benzene rings is 2. The zero-order chi connectivity index (χ0) is 20.1. The highest BCUT2D eigenvalue weighted by molar-refractivity contribution is 7.15. The van der Waals surface area contributed by atoms with Crippen LogP contribution in [-0.2, 0) is 17.6 Å². The maximum Gasteiger partial charge on any atom is 0.332 e. The van der Waals surface area contributed by atoms with Crippen LogP contribution in [0.25, 0.3) is 10.6 Å². The normalized spacial score (nSPS) is 12.0. The third-order valence-electron chi connectivity index (χ3n) is 4.53. The first-order chi connectivity index (χ1) is 13.4. The lowest BCUT2D eigenvalue weighted by molar-refractivity contribution is -0.146. The van der Waals surface area contributed by atoms with E-state index < -0.39 is 12.1 Å². The van der Waals surface area contributed by atoms with Gasteiger partial charge in [0.1, 0.15) is 10.8 Å². The highest BCUT2D eigenvalue weighted by Crippen LogP contribution is 2.28. The third-order valence-corrected chi connectivity index (χ3v) is 5.60. The highest BCUT2D eigenvalue weighted by atomic mass is 32.1. The molecule has 28 heavy (non-hydrogen) atoms. The topological polar surface area (TPSA) is 79.7 Å². The maximum absolute atomic E-state index is 10.8. The first-order valence-corrected chi connectivity index (χ1v) is 9.90. The molecule has 3 aromatic rings.